The van der Waals surface area contributed by atoms with E-state index in [1.165, 1.54) is 17.0 Å². The zero-order valence-corrected chi connectivity index (χ0v) is 10.2. The number of hydrogen-bond donors (Lipinski definition) is 1. The molecular weight excluding hydrogens is 252 g/mol. The van der Waals surface area contributed by atoms with E-state index in [-0.39, 0.29) is 11.8 Å². The lowest BCUT2D eigenvalue weighted by molar-refractivity contribution is -0.384. The highest BCUT2D eigenvalue weighted by Gasteiger charge is 2.23. The molecular formula is C12H14N2O5. The van der Waals surface area contributed by atoms with Gasteiger partial charge in [-0.25, -0.2) is 4.79 Å². The van der Waals surface area contributed by atoms with Gasteiger partial charge in [-0.1, -0.05) is 12.1 Å². The summed E-state index contributed by atoms with van der Waals surface area (Å²) in [5, 5.41) is 19.4. The van der Waals surface area contributed by atoms with Crippen molar-refractivity contribution in [2.75, 3.05) is 19.7 Å². The summed E-state index contributed by atoms with van der Waals surface area (Å²) in [6, 6.07) is 6.21. The fourth-order valence-electron chi connectivity index (χ4n) is 2.03. The maximum Gasteiger partial charge on any atom is 0.407 e. The van der Waals surface area contributed by atoms with Gasteiger partial charge >= 0.3 is 6.09 Å². The van der Waals surface area contributed by atoms with Crippen molar-refractivity contribution in [3.8, 4) is 0 Å². The van der Waals surface area contributed by atoms with Crippen LogP contribution in [0.4, 0.5) is 10.5 Å². The van der Waals surface area contributed by atoms with Gasteiger partial charge < -0.3 is 14.7 Å². The fourth-order valence-corrected chi connectivity index (χ4v) is 2.03. The predicted octanol–water partition coefficient (Wildman–Crippen LogP) is 1.52. The van der Waals surface area contributed by atoms with Crippen LogP contribution in [-0.2, 0) is 11.2 Å². The van der Waals surface area contributed by atoms with Gasteiger partial charge in [-0.15, -0.1) is 0 Å². The van der Waals surface area contributed by atoms with Crippen molar-refractivity contribution in [3.05, 3.63) is 39.9 Å². The second-order valence-electron chi connectivity index (χ2n) is 4.35. The largest absolute Gasteiger partial charge is 0.465 e. The maximum absolute atomic E-state index is 10.9. The molecule has 0 bridgehead atoms. The minimum absolute atomic E-state index is 0.0421. The third kappa shape index (κ3) is 3.41. The Hall–Kier alpha value is -2.15. The quantitative estimate of drug-likeness (QED) is 0.661. The van der Waals surface area contributed by atoms with E-state index in [9.17, 15) is 14.9 Å². The van der Waals surface area contributed by atoms with Gasteiger partial charge in [-0.3, -0.25) is 10.1 Å². The lowest BCUT2D eigenvalue weighted by Gasteiger charge is -2.31. The molecule has 102 valence electrons. The number of non-ortho nitro benzene ring substituents is 1. The first kappa shape index (κ1) is 13.3. The van der Waals surface area contributed by atoms with Crippen molar-refractivity contribution in [1.82, 2.24) is 4.90 Å². The molecule has 0 aliphatic carbocycles. The van der Waals surface area contributed by atoms with Crippen molar-refractivity contribution in [3.63, 3.8) is 0 Å². The van der Waals surface area contributed by atoms with E-state index in [2.05, 4.69) is 0 Å². The van der Waals surface area contributed by atoms with Crippen LogP contribution >= 0.6 is 0 Å². The Balaban J connectivity index is 1.96. The number of carboxylic acid groups (broad SMARTS) is 1. The summed E-state index contributed by atoms with van der Waals surface area (Å²) in [4.78, 5) is 22.3. The Kier molecular flexibility index (Phi) is 3.96. The van der Waals surface area contributed by atoms with Gasteiger partial charge in [-0.2, -0.15) is 0 Å². The number of morpholine rings is 1. The van der Waals surface area contributed by atoms with Crippen LogP contribution in [0.5, 0.6) is 0 Å². The van der Waals surface area contributed by atoms with Crippen LogP contribution < -0.4 is 0 Å². The number of hydrogen-bond acceptors (Lipinski definition) is 4. The highest BCUT2D eigenvalue weighted by atomic mass is 16.6. The van der Waals surface area contributed by atoms with E-state index in [4.69, 9.17) is 9.84 Å². The molecule has 19 heavy (non-hydrogen) atoms. The van der Waals surface area contributed by atoms with E-state index in [1.54, 1.807) is 12.1 Å². The predicted molar refractivity (Wildman–Crippen MR) is 66.1 cm³/mol. The summed E-state index contributed by atoms with van der Waals surface area (Å²) in [6.45, 7) is 1.09. The average molecular weight is 266 g/mol. The molecule has 1 saturated heterocycles. The molecule has 0 spiro atoms. The molecule has 7 nitrogen and oxygen atoms in total. The van der Waals surface area contributed by atoms with Crippen LogP contribution in [-0.4, -0.2) is 46.8 Å². The summed E-state index contributed by atoms with van der Waals surface area (Å²) in [5.41, 5.74) is 0.934. The average Bonchev–Trinajstić information content (AvgIpc) is 2.39. The van der Waals surface area contributed by atoms with Gasteiger partial charge in [0.1, 0.15) is 0 Å². The topological polar surface area (TPSA) is 92.9 Å². The molecule has 0 saturated carbocycles. The number of rotatable bonds is 3. The van der Waals surface area contributed by atoms with Gasteiger partial charge in [0.05, 0.1) is 24.2 Å². The second-order valence-corrected chi connectivity index (χ2v) is 4.35. The third-order valence-corrected chi connectivity index (χ3v) is 3.02. The Labute approximate surface area is 109 Å². The standard InChI is InChI=1S/C12H14N2O5/c15-12(16)13-5-6-19-11(8-13)7-9-1-3-10(4-2-9)14(17)18/h1-4,11H,5-8H2,(H,15,16). The Morgan fingerprint density at radius 3 is 2.74 bits per heavy atom. The van der Waals surface area contributed by atoms with E-state index in [0.717, 1.165) is 5.56 Å². The third-order valence-electron chi connectivity index (χ3n) is 3.02. The van der Waals surface area contributed by atoms with Crippen LogP contribution in [0.1, 0.15) is 5.56 Å². The van der Waals surface area contributed by atoms with Crippen LogP contribution in [0.25, 0.3) is 0 Å². The molecule has 7 heteroatoms. The summed E-state index contributed by atoms with van der Waals surface area (Å²) in [5.74, 6) is 0. The smallest absolute Gasteiger partial charge is 0.407 e. The highest BCUT2D eigenvalue weighted by molar-refractivity contribution is 5.65. The molecule has 1 N–H and O–H groups in total. The van der Waals surface area contributed by atoms with Crippen LogP contribution in [0.3, 0.4) is 0 Å². The molecule has 1 aliphatic rings. The Morgan fingerprint density at radius 1 is 1.47 bits per heavy atom. The number of nitro benzene ring substituents is 1. The SMILES string of the molecule is O=C(O)N1CCOC(Cc2ccc([N+](=O)[O-])cc2)C1. The van der Waals surface area contributed by atoms with Crippen molar-refractivity contribution < 1.29 is 19.6 Å². The molecule has 1 fully saturated rings. The van der Waals surface area contributed by atoms with Crippen molar-refractivity contribution in [1.29, 1.82) is 0 Å². The molecule has 1 atom stereocenters. The molecule has 0 radical (unpaired) electrons. The minimum Gasteiger partial charge on any atom is -0.465 e. The fraction of sp³-hybridized carbons (Fsp3) is 0.417. The number of nitro groups is 1. The first-order valence-corrected chi connectivity index (χ1v) is 5.89. The van der Waals surface area contributed by atoms with Crippen molar-refractivity contribution in [2.45, 2.75) is 12.5 Å². The van der Waals surface area contributed by atoms with Crippen LogP contribution in [0, 0.1) is 10.1 Å². The number of ether oxygens (including phenoxy) is 1. The monoisotopic (exact) mass is 266 g/mol. The van der Waals surface area contributed by atoms with Crippen molar-refractivity contribution in [2.24, 2.45) is 0 Å². The van der Waals surface area contributed by atoms with Crippen molar-refractivity contribution >= 4 is 11.8 Å². The molecule has 1 unspecified atom stereocenters. The van der Waals surface area contributed by atoms with E-state index < -0.39 is 11.0 Å². The molecule has 1 aromatic rings. The number of nitrogens with zero attached hydrogens (tertiary/aromatic N) is 2. The lowest BCUT2D eigenvalue weighted by Crippen LogP contribution is -2.45. The summed E-state index contributed by atoms with van der Waals surface area (Å²) >= 11 is 0. The van der Waals surface area contributed by atoms with Gasteiger partial charge in [0.25, 0.3) is 5.69 Å². The number of benzene rings is 1. The highest BCUT2D eigenvalue weighted by Crippen LogP contribution is 2.16. The van der Waals surface area contributed by atoms with Crippen LogP contribution in [0.2, 0.25) is 0 Å². The van der Waals surface area contributed by atoms with E-state index in [1.807, 2.05) is 0 Å². The minimum atomic E-state index is -0.947. The zero-order valence-electron chi connectivity index (χ0n) is 10.2. The zero-order chi connectivity index (χ0) is 13.8. The molecule has 0 aromatic heterocycles. The summed E-state index contributed by atoms with van der Waals surface area (Å²) in [6.07, 6.45) is -0.606. The van der Waals surface area contributed by atoms with Gasteiger partial charge in [0, 0.05) is 25.1 Å². The molecule has 1 aromatic carbocycles. The Bertz CT molecular complexity index is 474. The second kappa shape index (κ2) is 5.66. The maximum atomic E-state index is 10.9. The number of amides is 1. The lowest BCUT2D eigenvalue weighted by atomic mass is 10.1. The van der Waals surface area contributed by atoms with E-state index in [0.29, 0.717) is 26.1 Å². The molecule has 1 aliphatic heterocycles. The van der Waals surface area contributed by atoms with Gasteiger partial charge in [0.2, 0.25) is 0 Å². The number of carbonyl (C=O) groups is 1. The Morgan fingerprint density at radius 2 is 2.16 bits per heavy atom. The summed E-state index contributed by atoms with van der Waals surface area (Å²) in [7, 11) is 0. The first-order valence-electron chi connectivity index (χ1n) is 5.89. The molecule has 2 rings (SSSR count). The molecule has 1 amide bonds. The van der Waals surface area contributed by atoms with E-state index >= 15 is 0 Å². The normalized spacial score (nSPS) is 19.2. The first-order chi connectivity index (χ1) is 9.06. The van der Waals surface area contributed by atoms with Gasteiger partial charge in [-0.05, 0) is 5.56 Å². The van der Waals surface area contributed by atoms with Crippen LogP contribution in [0.15, 0.2) is 24.3 Å². The summed E-state index contributed by atoms with van der Waals surface area (Å²) < 4.78 is 5.50. The molecule has 1 heterocycles. The van der Waals surface area contributed by atoms with Gasteiger partial charge in [0.15, 0.2) is 0 Å².